The molecule has 2 rings (SSSR count). The van der Waals surface area contributed by atoms with Crippen molar-refractivity contribution in [1.29, 1.82) is 0 Å². The van der Waals surface area contributed by atoms with E-state index in [9.17, 15) is 35.1 Å². The Morgan fingerprint density at radius 3 is 2.45 bits per heavy atom. The van der Waals surface area contributed by atoms with Crippen molar-refractivity contribution in [1.82, 2.24) is 5.32 Å². The highest BCUT2D eigenvalue weighted by Crippen LogP contribution is 2.33. The van der Waals surface area contributed by atoms with Crippen LogP contribution in [0.1, 0.15) is 20.3 Å². The van der Waals surface area contributed by atoms with Gasteiger partial charge in [0.1, 0.15) is 30.0 Å². The minimum Gasteiger partial charge on any atom is -0.479 e. The van der Waals surface area contributed by atoms with Crippen molar-refractivity contribution in [2.45, 2.75) is 74.8 Å². The standard InChI is InChI=1S/C17H29NO11/c1-7-11(18-8(2)20)13(12(21)10(5-19)27-7)29-16-14(22)17(25,6-26-3)4-9(28-16)15(23)24/h7,9-14,16,19,21-22,25H,4-6H2,1-3H3,(H,18,20)(H,23,24)/t7-,9?,10?,11?,12?,13?,14?,16?,17?/m1/s1. The summed E-state index contributed by atoms with van der Waals surface area (Å²) in [4.78, 5) is 23.0. The van der Waals surface area contributed by atoms with E-state index in [1.165, 1.54) is 14.0 Å². The average molecular weight is 423 g/mol. The molecule has 0 aliphatic carbocycles. The van der Waals surface area contributed by atoms with Gasteiger partial charge in [0.2, 0.25) is 5.91 Å². The molecule has 12 heteroatoms. The molecule has 0 aromatic rings. The minimum absolute atomic E-state index is 0.387. The van der Waals surface area contributed by atoms with Crippen LogP contribution in [0.3, 0.4) is 0 Å². The highest BCUT2D eigenvalue weighted by atomic mass is 16.7. The predicted molar refractivity (Wildman–Crippen MR) is 93.7 cm³/mol. The Balaban J connectivity index is 2.31. The monoisotopic (exact) mass is 423 g/mol. The fourth-order valence-corrected chi connectivity index (χ4v) is 3.66. The van der Waals surface area contributed by atoms with Crippen LogP contribution in [0.25, 0.3) is 0 Å². The molecule has 168 valence electrons. The SMILES string of the molecule is COCC1(O)CC(C(=O)O)OC(OC2C(O)C(CO)O[C@H](C)C2NC(C)=O)C1O. The molecule has 2 heterocycles. The van der Waals surface area contributed by atoms with Gasteiger partial charge in [0.25, 0.3) is 0 Å². The Morgan fingerprint density at radius 2 is 1.93 bits per heavy atom. The zero-order valence-electron chi connectivity index (χ0n) is 16.4. The maximum Gasteiger partial charge on any atom is 0.333 e. The number of hydrogen-bond acceptors (Lipinski definition) is 10. The molecule has 9 atom stereocenters. The number of methoxy groups -OCH3 is 1. The van der Waals surface area contributed by atoms with Gasteiger partial charge in [-0.3, -0.25) is 4.79 Å². The Bertz CT molecular complexity index is 590. The van der Waals surface area contributed by atoms with Crippen LogP contribution < -0.4 is 5.32 Å². The summed E-state index contributed by atoms with van der Waals surface area (Å²) < 4.78 is 21.4. The van der Waals surface area contributed by atoms with Gasteiger partial charge in [0.15, 0.2) is 12.4 Å². The summed E-state index contributed by atoms with van der Waals surface area (Å²) in [6, 6.07) is -0.901. The first-order valence-corrected chi connectivity index (χ1v) is 9.18. The highest BCUT2D eigenvalue weighted by Gasteiger charge is 2.54. The predicted octanol–water partition coefficient (Wildman–Crippen LogP) is -3.05. The number of rotatable bonds is 7. The molecule has 0 spiro atoms. The molecule has 2 fully saturated rings. The molecule has 0 saturated carbocycles. The Hall–Kier alpha value is -1.38. The van der Waals surface area contributed by atoms with Crippen LogP contribution in [0.2, 0.25) is 0 Å². The quantitative estimate of drug-likeness (QED) is 0.244. The third-order valence-electron chi connectivity index (χ3n) is 5.12. The number of carboxylic acids is 1. The van der Waals surface area contributed by atoms with Crippen LogP contribution in [0.4, 0.5) is 0 Å². The van der Waals surface area contributed by atoms with Crippen LogP contribution in [0, 0.1) is 0 Å². The second kappa shape index (κ2) is 9.62. The van der Waals surface area contributed by atoms with Gasteiger partial charge in [-0.05, 0) is 6.92 Å². The first-order chi connectivity index (χ1) is 13.5. The molecule has 0 radical (unpaired) electrons. The number of carbonyl (C=O) groups excluding carboxylic acids is 1. The van der Waals surface area contributed by atoms with E-state index in [4.69, 9.17) is 18.9 Å². The number of aliphatic hydroxyl groups excluding tert-OH is 3. The van der Waals surface area contributed by atoms with E-state index in [2.05, 4.69) is 5.32 Å². The van der Waals surface area contributed by atoms with Crippen molar-refractivity contribution >= 4 is 11.9 Å². The number of aliphatic carboxylic acids is 1. The van der Waals surface area contributed by atoms with Gasteiger partial charge >= 0.3 is 5.97 Å². The third-order valence-corrected chi connectivity index (χ3v) is 5.12. The number of carbonyl (C=O) groups is 2. The van der Waals surface area contributed by atoms with Crippen LogP contribution in [0.15, 0.2) is 0 Å². The largest absolute Gasteiger partial charge is 0.479 e. The van der Waals surface area contributed by atoms with Crippen molar-refractivity contribution in [2.75, 3.05) is 20.3 Å². The lowest BCUT2D eigenvalue weighted by molar-refractivity contribution is -0.329. The molecular weight excluding hydrogens is 394 g/mol. The lowest BCUT2D eigenvalue weighted by Gasteiger charge is -2.48. The summed E-state index contributed by atoms with van der Waals surface area (Å²) in [5, 5.41) is 53.2. The van der Waals surface area contributed by atoms with E-state index < -0.39 is 79.5 Å². The molecule has 1 amide bonds. The van der Waals surface area contributed by atoms with Gasteiger partial charge in [-0.25, -0.2) is 4.79 Å². The van der Waals surface area contributed by atoms with E-state index in [-0.39, 0.29) is 6.61 Å². The first-order valence-electron chi connectivity index (χ1n) is 9.18. The first kappa shape index (κ1) is 23.9. The fraction of sp³-hybridized carbons (Fsp3) is 0.882. The maximum atomic E-state index is 11.6. The van der Waals surface area contributed by atoms with Gasteiger partial charge in [-0.15, -0.1) is 0 Å². The van der Waals surface area contributed by atoms with E-state index in [0.717, 1.165) is 0 Å². The molecule has 12 nitrogen and oxygen atoms in total. The summed E-state index contributed by atoms with van der Waals surface area (Å²) in [7, 11) is 1.27. The summed E-state index contributed by atoms with van der Waals surface area (Å²) in [5.74, 6) is -1.83. The Kier molecular flexibility index (Phi) is 7.93. The summed E-state index contributed by atoms with van der Waals surface area (Å²) in [5.41, 5.74) is -1.98. The second-order valence-corrected chi connectivity index (χ2v) is 7.40. The fourth-order valence-electron chi connectivity index (χ4n) is 3.66. The number of aliphatic hydroxyl groups is 4. The van der Waals surface area contributed by atoms with Crippen LogP contribution >= 0.6 is 0 Å². The van der Waals surface area contributed by atoms with E-state index in [0.29, 0.717) is 0 Å². The van der Waals surface area contributed by atoms with Gasteiger partial charge < -0.3 is 49.8 Å². The molecule has 2 aliphatic heterocycles. The summed E-state index contributed by atoms with van der Waals surface area (Å²) >= 11 is 0. The topological polar surface area (TPSA) is 184 Å². The minimum atomic E-state index is -1.98. The van der Waals surface area contributed by atoms with Crippen LogP contribution in [-0.2, 0) is 28.5 Å². The molecular formula is C17H29NO11. The number of hydrogen-bond donors (Lipinski definition) is 6. The van der Waals surface area contributed by atoms with Crippen molar-refractivity contribution in [2.24, 2.45) is 0 Å². The molecule has 8 unspecified atom stereocenters. The Morgan fingerprint density at radius 1 is 1.28 bits per heavy atom. The number of nitrogens with one attached hydrogen (secondary N) is 1. The van der Waals surface area contributed by atoms with Gasteiger partial charge in [-0.2, -0.15) is 0 Å². The van der Waals surface area contributed by atoms with Crippen molar-refractivity contribution in [3.8, 4) is 0 Å². The molecule has 0 bridgehead atoms. The van der Waals surface area contributed by atoms with E-state index >= 15 is 0 Å². The van der Waals surface area contributed by atoms with E-state index in [1.807, 2.05) is 0 Å². The highest BCUT2D eigenvalue weighted by molar-refractivity contribution is 5.73. The lowest BCUT2D eigenvalue weighted by Crippen LogP contribution is -2.67. The van der Waals surface area contributed by atoms with Gasteiger partial charge in [0.05, 0.1) is 25.4 Å². The Labute approximate surface area is 167 Å². The number of ether oxygens (including phenoxy) is 4. The van der Waals surface area contributed by atoms with Crippen LogP contribution in [0.5, 0.6) is 0 Å². The van der Waals surface area contributed by atoms with Crippen molar-refractivity contribution < 1.29 is 54.1 Å². The average Bonchev–Trinajstić information content (AvgIpc) is 2.63. The van der Waals surface area contributed by atoms with Crippen molar-refractivity contribution in [3.63, 3.8) is 0 Å². The number of amides is 1. The molecule has 2 saturated heterocycles. The number of carboxylic acid groups (broad SMARTS) is 1. The molecule has 0 aromatic heterocycles. The third kappa shape index (κ3) is 5.22. The molecule has 29 heavy (non-hydrogen) atoms. The smallest absolute Gasteiger partial charge is 0.333 e. The molecule has 6 N–H and O–H groups in total. The lowest BCUT2D eigenvalue weighted by atomic mass is 9.87. The zero-order valence-corrected chi connectivity index (χ0v) is 16.4. The molecule has 2 aliphatic rings. The van der Waals surface area contributed by atoms with Gasteiger partial charge in [0, 0.05) is 20.5 Å². The maximum absolute atomic E-state index is 11.6. The summed E-state index contributed by atoms with van der Waals surface area (Å²) in [6.45, 7) is 1.91. The van der Waals surface area contributed by atoms with Crippen LogP contribution in [-0.4, -0.2) is 112 Å². The molecule has 0 aromatic carbocycles. The zero-order chi connectivity index (χ0) is 21.9. The van der Waals surface area contributed by atoms with E-state index in [1.54, 1.807) is 6.92 Å². The normalized spacial score (nSPS) is 43.0. The van der Waals surface area contributed by atoms with Gasteiger partial charge in [-0.1, -0.05) is 0 Å². The summed E-state index contributed by atoms with van der Waals surface area (Å²) in [6.07, 6.45) is -9.75. The second-order valence-electron chi connectivity index (χ2n) is 7.40. The van der Waals surface area contributed by atoms with Crippen molar-refractivity contribution in [3.05, 3.63) is 0 Å².